The zero-order chi connectivity index (χ0) is 18.7. The second-order valence-electron chi connectivity index (χ2n) is 6.41. The van der Waals surface area contributed by atoms with E-state index in [9.17, 15) is 13.2 Å². The number of benzene rings is 1. The Morgan fingerprint density at radius 2 is 1.56 bits per heavy atom. The second-order valence-corrected chi connectivity index (χ2v) is 7.98. The van der Waals surface area contributed by atoms with Crippen molar-refractivity contribution < 1.29 is 22.1 Å². The van der Waals surface area contributed by atoms with Crippen molar-refractivity contribution in [3.63, 3.8) is 0 Å². The molecule has 1 aromatic rings. The Morgan fingerprint density at radius 1 is 1.00 bits per heavy atom. The highest BCUT2D eigenvalue weighted by molar-refractivity contribution is 7.86. The summed E-state index contributed by atoms with van der Waals surface area (Å²) in [4.78, 5) is 11.2. The van der Waals surface area contributed by atoms with Crippen LogP contribution in [0.3, 0.4) is 0 Å². The third-order valence-corrected chi connectivity index (χ3v) is 5.50. The molecule has 142 valence electrons. The van der Waals surface area contributed by atoms with Crippen LogP contribution < -0.4 is 0 Å². The van der Waals surface area contributed by atoms with Crippen LogP contribution in [-0.2, 0) is 23.8 Å². The largest absolute Gasteiger partial charge is 0.469 e. The van der Waals surface area contributed by atoms with Crippen LogP contribution in [0.2, 0.25) is 0 Å². The molecule has 5 nitrogen and oxygen atoms in total. The van der Waals surface area contributed by atoms with Gasteiger partial charge >= 0.3 is 5.97 Å². The molecule has 0 fully saturated rings. The number of hydrogen-bond donors (Lipinski definition) is 0. The molecule has 1 unspecified atom stereocenters. The first-order valence-corrected chi connectivity index (χ1v) is 10.3. The summed E-state index contributed by atoms with van der Waals surface area (Å²) in [6, 6.07) is 6.68. The van der Waals surface area contributed by atoms with Gasteiger partial charge in [-0.1, -0.05) is 49.8 Å². The summed E-state index contributed by atoms with van der Waals surface area (Å²) in [6.07, 6.45) is 6.88. The van der Waals surface area contributed by atoms with Gasteiger partial charge < -0.3 is 4.74 Å². The van der Waals surface area contributed by atoms with Gasteiger partial charge in [0, 0.05) is 6.42 Å². The Morgan fingerprint density at radius 3 is 2.16 bits per heavy atom. The maximum Gasteiger partial charge on any atom is 0.305 e. The van der Waals surface area contributed by atoms with Gasteiger partial charge in [-0.25, -0.2) is 0 Å². The fourth-order valence-corrected chi connectivity index (χ4v) is 3.64. The Labute approximate surface area is 151 Å². The molecule has 25 heavy (non-hydrogen) atoms. The third kappa shape index (κ3) is 9.02. The van der Waals surface area contributed by atoms with Crippen LogP contribution in [0.25, 0.3) is 0 Å². The topological polar surface area (TPSA) is 69.7 Å². The van der Waals surface area contributed by atoms with Crippen LogP contribution in [0.1, 0.15) is 63.9 Å². The lowest BCUT2D eigenvalue weighted by atomic mass is 10.1. The van der Waals surface area contributed by atoms with Gasteiger partial charge in [0.25, 0.3) is 10.1 Å². The predicted octanol–water partition coefficient (Wildman–Crippen LogP) is 4.38. The molecule has 0 radical (unpaired) electrons. The lowest BCUT2D eigenvalue weighted by Crippen LogP contribution is -2.15. The van der Waals surface area contributed by atoms with E-state index in [0.29, 0.717) is 12.8 Å². The van der Waals surface area contributed by atoms with Crippen molar-refractivity contribution in [2.24, 2.45) is 0 Å². The summed E-state index contributed by atoms with van der Waals surface area (Å²) in [5.41, 5.74) is 1.01. The highest BCUT2D eigenvalue weighted by atomic mass is 32.2. The summed E-state index contributed by atoms with van der Waals surface area (Å²) in [7, 11) is -2.28. The first kappa shape index (κ1) is 21.6. The van der Waals surface area contributed by atoms with E-state index in [0.717, 1.165) is 44.1 Å². The summed E-state index contributed by atoms with van der Waals surface area (Å²) in [5.74, 6) is -0.152. The highest BCUT2D eigenvalue weighted by Crippen LogP contribution is 2.18. The zero-order valence-electron chi connectivity index (χ0n) is 15.5. The van der Waals surface area contributed by atoms with Crippen molar-refractivity contribution in [1.29, 1.82) is 0 Å². The van der Waals surface area contributed by atoms with Crippen molar-refractivity contribution in [1.82, 2.24) is 0 Å². The van der Waals surface area contributed by atoms with Crippen LogP contribution in [0.4, 0.5) is 0 Å². The van der Waals surface area contributed by atoms with E-state index < -0.39 is 10.1 Å². The molecule has 0 heterocycles. The number of esters is 1. The summed E-state index contributed by atoms with van der Waals surface area (Å²) < 4.78 is 34.2. The van der Waals surface area contributed by atoms with Crippen LogP contribution in [0, 0.1) is 6.92 Å². The quantitative estimate of drug-likeness (QED) is 0.310. The van der Waals surface area contributed by atoms with Crippen LogP contribution >= 0.6 is 0 Å². The lowest BCUT2D eigenvalue weighted by Gasteiger charge is -2.13. The Hall–Kier alpha value is -1.40. The summed E-state index contributed by atoms with van der Waals surface area (Å²) in [6.45, 7) is 3.71. The van der Waals surface area contributed by atoms with E-state index in [-0.39, 0.29) is 17.0 Å². The normalized spacial score (nSPS) is 12.8. The number of hydrogen-bond acceptors (Lipinski definition) is 5. The third-order valence-electron chi connectivity index (χ3n) is 4.07. The minimum atomic E-state index is -3.69. The van der Waals surface area contributed by atoms with E-state index in [1.54, 1.807) is 31.2 Å². The molecule has 0 aliphatic rings. The van der Waals surface area contributed by atoms with E-state index >= 15 is 0 Å². The smallest absolute Gasteiger partial charge is 0.305 e. The molecule has 0 aliphatic carbocycles. The van der Waals surface area contributed by atoms with Gasteiger partial charge in [-0.05, 0) is 38.8 Å². The van der Waals surface area contributed by atoms with Crippen molar-refractivity contribution in [3.05, 3.63) is 29.8 Å². The maximum absolute atomic E-state index is 12.2. The number of carbonyl (C=O) groups excluding carboxylic acids is 1. The molecule has 0 saturated heterocycles. The lowest BCUT2D eigenvalue weighted by molar-refractivity contribution is -0.140. The number of carbonyl (C=O) groups is 1. The van der Waals surface area contributed by atoms with Gasteiger partial charge in [-0.15, -0.1) is 0 Å². The fourth-order valence-electron chi connectivity index (χ4n) is 2.54. The first-order valence-electron chi connectivity index (χ1n) is 8.92. The van der Waals surface area contributed by atoms with E-state index in [2.05, 4.69) is 4.74 Å². The standard InChI is InChI=1S/C19H30O5S/c1-16-12-14-18(15-13-16)25(21,22)24-17(2)10-8-6-4-5-7-9-11-19(20)23-3/h12-15,17H,4-11H2,1-3H3. The minimum Gasteiger partial charge on any atom is -0.469 e. The Balaban J connectivity index is 2.17. The number of aryl methyl sites for hydroxylation is 1. The molecule has 0 bridgehead atoms. The summed E-state index contributed by atoms with van der Waals surface area (Å²) >= 11 is 0. The molecule has 0 aromatic heterocycles. The van der Waals surface area contributed by atoms with Crippen LogP contribution in [-0.4, -0.2) is 27.6 Å². The Bertz CT molecular complexity index is 607. The second kappa shape index (κ2) is 11.3. The zero-order valence-corrected chi connectivity index (χ0v) is 16.3. The molecular formula is C19H30O5S. The molecule has 1 rings (SSSR count). The van der Waals surface area contributed by atoms with Gasteiger partial charge in [-0.2, -0.15) is 8.42 Å². The average molecular weight is 371 g/mol. The number of rotatable bonds is 12. The van der Waals surface area contributed by atoms with E-state index in [1.165, 1.54) is 7.11 Å². The SMILES string of the molecule is COC(=O)CCCCCCCCC(C)OS(=O)(=O)c1ccc(C)cc1. The van der Waals surface area contributed by atoms with E-state index in [1.807, 2.05) is 6.92 Å². The Kier molecular flexibility index (Phi) is 9.75. The average Bonchev–Trinajstić information content (AvgIpc) is 2.56. The fraction of sp³-hybridized carbons (Fsp3) is 0.632. The predicted molar refractivity (Wildman–Crippen MR) is 97.9 cm³/mol. The van der Waals surface area contributed by atoms with Gasteiger partial charge in [-0.3, -0.25) is 8.98 Å². The molecule has 0 saturated carbocycles. The highest BCUT2D eigenvalue weighted by Gasteiger charge is 2.18. The first-order chi connectivity index (χ1) is 11.8. The van der Waals surface area contributed by atoms with E-state index in [4.69, 9.17) is 4.18 Å². The van der Waals surface area contributed by atoms with Crippen molar-refractivity contribution in [2.45, 2.75) is 76.2 Å². The number of methoxy groups -OCH3 is 1. The summed E-state index contributed by atoms with van der Waals surface area (Å²) in [5, 5.41) is 0. The molecule has 0 aliphatic heterocycles. The molecule has 1 aromatic carbocycles. The minimum absolute atomic E-state index is 0.152. The van der Waals surface area contributed by atoms with Crippen LogP contribution in [0.5, 0.6) is 0 Å². The monoisotopic (exact) mass is 370 g/mol. The molecule has 6 heteroatoms. The molecular weight excluding hydrogens is 340 g/mol. The molecule has 1 atom stereocenters. The number of ether oxygens (including phenoxy) is 1. The van der Waals surface area contributed by atoms with Gasteiger partial charge in [0.15, 0.2) is 0 Å². The van der Waals surface area contributed by atoms with Gasteiger partial charge in [0.1, 0.15) is 0 Å². The number of unbranched alkanes of at least 4 members (excludes halogenated alkanes) is 5. The van der Waals surface area contributed by atoms with Crippen LogP contribution in [0.15, 0.2) is 29.2 Å². The maximum atomic E-state index is 12.2. The molecule has 0 amide bonds. The molecule has 0 N–H and O–H groups in total. The molecule has 0 spiro atoms. The van der Waals surface area contributed by atoms with Gasteiger partial charge in [0.2, 0.25) is 0 Å². The van der Waals surface area contributed by atoms with Crippen molar-refractivity contribution in [2.75, 3.05) is 7.11 Å². The van der Waals surface area contributed by atoms with Crippen molar-refractivity contribution in [3.8, 4) is 0 Å². The van der Waals surface area contributed by atoms with Gasteiger partial charge in [0.05, 0.1) is 18.1 Å². The van der Waals surface area contributed by atoms with Crippen molar-refractivity contribution >= 4 is 16.1 Å².